The Morgan fingerprint density at radius 1 is 1.38 bits per heavy atom. The molecule has 1 N–H and O–H groups in total. The summed E-state index contributed by atoms with van der Waals surface area (Å²) in [6.45, 7) is 4.25. The summed E-state index contributed by atoms with van der Waals surface area (Å²) in [5, 5.41) is 10.1. The lowest BCUT2D eigenvalue weighted by atomic mass is 9.98. The first-order valence-corrected chi connectivity index (χ1v) is 7.63. The first-order chi connectivity index (χ1) is 10.2. The Morgan fingerprint density at radius 2 is 2.14 bits per heavy atom. The second-order valence-corrected chi connectivity index (χ2v) is 5.83. The van der Waals surface area contributed by atoms with Crippen LogP contribution in [0.2, 0.25) is 0 Å². The predicted octanol–water partition coefficient (Wildman–Crippen LogP) is 3.29. The van der Waals surface area contributed by atoms with Crippen molar-refractivity contribution >= 4 is 16.9 Å². The van der Waals surface area contributed by atoms with Crippen LogP contribution >= 0.6 is 0 Å². The van der Waals surface area contributed by atoms with Crippen molar-refractivity contribution in [3.63, 3.8) is 0 Å². The third kappa shape index (κ3) is 2.81. The number of aliphatic carboxylic acids is 1. The van der Waals surface area contributed by atoms with Gasteiger partial charge in [-0.1, -0.05) is 31.5 Å². The van der Waals surface area contributed by atoms with Crippen LogP contribution in [0.4, 0.5) is 0 Å². The van der Waals surface area contributed by atoms with Gasteiger partial charge in [0.25, 0.3) is 0 Å². The van der Waals surface area contributed by atoms with Crippen molar-refractivity contribution < 1.29 is 14.3 Å². The molecule has 0 amide bonds. The van der Waals surface area contributed by atoms with Crippen molar-refractivity contribution in [2.45, 2.75) is 32.7 Å². The molecule has 2 aromatic rings. The number of nitrogens with zero attached hydrogens (tertiary/aromatic N) is 1. The molecule has 112 valence electrons. The van der Waals surface area contributed by atoms with Crippen molar-refractivity contribution in [1.82, 2.24) is 4.90 Å². The Balaban J connectivity index is 1.80. The van der Waals surface area contributed by atoms with Crippen molar-refractivity contribution in [2.24, 2.45) is 5.92 Å². The molecule has 1 aromatic carbocycles. The fraction of sp³-hybridized carbons (Fsp3) is 0.471. The number of aryl methyl sites for hydroxylation is 1. The number of hydrogen-bond acceptors (Lipinski definition) is 3. The molecule has 1 aliphatic heterocycles. The Hall–Kier alpha value is -1.81. The summed E-state index contributed by atoms with van der Waals surface area (Å²) in [7, 11) is 0. The molecule has 0 unspecified atom stereocenters. The number of rotatable bonds is 6. The van der Waals surface area contributed by atoms with Crippen molar-refractivity contribution in [1.29, 1.82) is 0 Å². The number of likely N-dealkylation sites (tertiary alicyclic amines) is 1. The standard InChI is InChI=1S/C17H21NO3/c1-2-3-7-16-14(11-18-9-12(10-18)17(19)20)13-6-4-5-8-15(13)21-16/h4-6,8,12H,2-3,7,9-11H2,1H3,(H,19,20). The van der Waals surface area contributed by atoms with Gasteiger partial charge in [-0.3, -0.25) is 9.69 Å². The zero-order valence-corrected chi connectivity index (χ0v) is 12.3. The first-order valence-electron chi connectivity index (χ1n) is 7.63. The van der Waals surface area contributed by atoms with Gasteiger partial charge in [0.2, 0.25) is 0 Å². The van der Waals surface area contributed by atoms with Gasteiger partial charge in [-0.15, -0.1) is 0 Å². The molecule has 1 fully saturated rings. The zero-order valence-electron chi connectivity index (χ0n) is 12.3. The van der Waals surface area contributed by atoms with E-state index >= 15 is 0 Å². The molecule has 4 heteroatoms. The van der Waals surface area contributed by atoms with E-state index in [1.165, 1.54) is 10.9 Å². The number of carbonyl (C=O) groups is 1. The molecule has 4 nitrogen and oxygen atoms in total. The van der Waals surface area contributed by atoms with Gasteiger partial charge < -0.3 is 9.52 Å². The minimum absolute atomic E-state index is 0.206. The van der Waals surface area contributed by atoms with Gasteiger partial charge in [0, 0.05) is 37.0 Å². The quantitative estimate of drug-likeness (QED) is 0.885. The molecule has 3 rings (SSSR count). The molecule has 1 saturated heterocycles. The third-order valence-corrected chi connectivity index (χ3v) is 4.23. The monoisotopic (exact) mass is 287 g/mol. The van der Waals surface area contributed by atoms with E-state index in [0.29, 0.717) is 13.1 Å². The smallest absolute Gasteiger partial charge is 0.309 e. The largest absolute Gasteiger partial charge is 0.481 e. The third-order valence-electron chi connectivity index (χ3n) is 4.23. The van der Waals surface area contributed by atoms with E-state index in [1.807, 2.05) is 18.2 Å². The summed E-state index contributed by atoms with van der Waals surface area (Å²) in [4.78, 5) is 13.1. The number of benzene rings is 1. The van der Waals surface area contributed by atoms with Gasteiger partial charge in [0.05, 0.1) is 5.92 Å². The number of carboxylic acids is 1. The minimum atomic E-state index is -0.686. The maximum Gasteiger partial charge on any atom is 0.309 e. The zero-order chi connectivity index (χ0) is 14.8. The van der Waals surface area contributed by atoms with Crippen LogP contribution in [-0.4, -0.2) is 29.1 Å². The number of furan rings is 1. The van der Waals surface area contributed by atoms with E-state index in [-0.39, 0.29) is 5.92 Å². The molecule has 0 aliphatic carbocycles. The average molecular weight is 287 g/mol. The molecule has 21 heavy (non-hydrogen) atoms. The van der Waals surface area contributed by atoms with E-state index in [1.54, 1.807) is 0 Å². The fourth-order valence-electron chi connectivity index (χ4n) is 2.94. The summed E-state index contributed by atoms with van der Waals surface area (Å²) >= 11 is 0. The highest BCUT2D eigenvalue weighted by atomic mass is 16.4. The van der Waals surface area contributed by atoms with Crippen LogP contribution < -0.4 is 0 Å². The second-order valence-electron chi connectivity index (χ2n) is 5.83. The number of unbranched alkanes of at least 4 members (excludes halogenated alkanes) is 1. The lowest BCUT2D eigenvalue weighted by Gasteiger charge is -2.36. The molecule has 0 atom stereocenters. The first kappa shape index (κ1) is 14.1. The van der Waals surface area contributed by atoms with Crippen LogP contribution in [0.15, 0.2) is 28.7 Å². The number of hydrogen-bond donors (Lipinski definition) is 1. The van der Waals surface area contributed by atoms with Crippen molar-refractivity contribution in [3.8, 4) is 0 Å². The summed E-state index contributed by atoms with van der Waals surface area (Å²) in [5.74, 6) is 0.175. The summed E-state index contributed by atoms with van der Waals surface area (Å²) in [5.41, 5.74) is 2.18. The predicted molar refractivity (Wildman–Crippen MR) is 81.2 cm³/mol. The molecule has 0 spiro atoms. The molecular weight excluding hydrogens is 266 g/mol. The van der Waals surface area contributed by atoms with Crippen molar-refractivity contribution in [3.05, 3.63) is 35.6 Å². The second kappa shape index (κ2) is 5.90. The highest BCUT2D eigenvalue weighted by molar-refractivity contribution is 5.82. The lowest BCUT2D eigenvalue weighted by Crippen LogP contribution is -2.49. The Morgan fingerprint density at radius 3 is 2.86 bits per heavy atom. The van der Waals surface area contributed by atoms with E-state index < -0.39 is 5.97 Å². The lowest BCUT2D eigenvalue weighted by molar-refractivity contribution is -0.147. The number of carboxylic acid groups (broad SMARTS) is 1. The molecule has 0 saturated carbocycles. The van der Waals surface area contributed by atoms with Gasteiger partial charge in [-0.05, 0) is 12.5 Å². The molecule has 1 aliphatic rings. The summed E-state index contributed by atoms with van der Waals surface area (Å²) < 4.78 is 6.00. The molecular formula is C17H21NO3. The molecule has 1 aromatic heterocycles. The van der Waals surface area contributed by atoms with Crippen LogP contribution in [0.5, 0.6) is 0 Å². The van der Waals surface area contributed by atoms with Gasteiger partial charge in [0.15, 0.2) is 0 Å². The van der Waals surface area contributed by atoms with E-state index in [9.17, 15) is 4.79 Å². The number of fused-ring (bicyclic) bond motifs is 1. The van der Waals surface area contributed by atoms with Crippen LogP contribution in [-0.2, 0) is 17.8 Å². The Kier molecular flexibility index (Phi) is 3.97. The number of para-hydroxylation sites is 1. The molecule has 2 heterocycles. The fourth-order valence-corrected chi connectivity index (χ4v) is 2.94. The van der Waals surface area contributed by atoms with Crippen LogP contribution in [0.3, 0.4) is 0 Å². The highest BCUT2D eigenvalue weighted by Gasteiger charge is 2.33. The minimum Gasteiger partial charge on any atom is -0.481 e. The van der Waals surface area contributed by atoms with Crippen molar-refractivity contribution in [2.75, 3.05) is 13.1 Å². The maximum atomic E-state index is 10.9. The van der Waals surface area contributed by atoms with Gasteiger partial charge in [0.1, 0.15) is 11.3 Å². The average Bonchev–Trinajstić information content (AvgIpc) is 2.77. The van der Waals surface area contributed by atoms with Gasteiger partial charge >= 0.3 is 5.97 Å². The SMILES string of the molecule is CCCCc1oc2ccccc2c1CN1CC(C(=O)O)C1. The normalized spacial score (nSPS) is 16.2. The molecule has 0 radical (unpaired) electrons. The maximum absolute atomic E-state index is 10.9. The summed E-state index contributed by atoms with van der Waals surface area (Å²) in [6, 6.07) is 8.12. The Labute approximate surface area is 124 Å². The highest BCUT2D eigenvalue weighted by Crippen LogP contribution is 2.30. The Bertz CT molecular complexity index is 641. The van der Waals surface area contributed by atoms with E-state index in [4.69, 9.17) is 9.52 Å². The van der Waals surface area contributed by atoms with Gasteiger partial charge in [-0.25, -0.2) is 0 Å². The summed E-state index contributed by atoms with van der Waals surface area (Å²) in [6.07, 6.45) is 3.21. The van der Waals surface area contributed by atoms with E-state index in [2.05, 4.69) is 17.9 Å². The topological polar surface area (TPSA) is 53.7 Å². The molecule has 0 bridgehead atoms. The van der Waals surface area contributed by atoms with E-state index in [0.717, 1.165) is 37.2 Å². The van der Waals surface area contributed by atoms with Crippen LogP contribution in [0.1, 0.15) is 31.1 Å². The van der Waals surface area contributed by atoms with Gasteiger partial charge in [-0.2, -0.15) is 0 Å². The van der Waals surface area contributed by atoms with Crippen LogP contribution in [0.25, 0.3) is 11.0 Å². The van der Waals surface area contributed by atoms with Crippen LogP contribution in [0, 0.1) is 5.92 Å².